The first kappa shape index (κ1) is 11.2. The average molecular weight is 257 g/mol. The van der Waals surface area contributed by atoms with E-state index >= 15 is 0 Å². The second kappa shape index (κ2) is 5.15. The van der Waals surface area contributed by atoms with Crippen molar-refractivity contribution in [2.24, 2.45) is 0 Å². The minimum atomic E-state index is 0.439. The molecule has 1 aromatic rings. The molecule has 1 rings (SSSR count). The molecular formula is C11H13BrO2. The average Bonchev–Trinajstić information content (AvgIpc) is 2.18. The van der Waals surface area contributed by atoms with Gasteiger partial charge < -0.3 is 9.53 Å². The third-order valence-electron chi connectivity index (χ3n) is 2.16. The van der Waals surface area contributed by atoms with Crippen LogP contribution in [0.3, 0.4) is 0 Å². The Kier molecular flexibility index (Phi) is 4.14. The van der Waals surface area contributed by atoms with Crippen LogP contribution >= 0.6 is 15.9 Å². The summed E-state index contributed by atoms with van der Waals surface area (Å²) in [6.07, 6.45) is 1.30. The van der Waals surface area contributed by atoms with Gasteiger partial charge in [0.25, 0.3) is 0 Å². The van der Waals surface area contributed by atoms with Gasteiger partial charge in [-0.15, -0.1) is 0 Å². The van der Waals surface area contributed by atoms with Crippen molar-refractivity contribution in [1.82, 2.24) is 0 Å². The van der Waals surface area contributed by atoms with Crippen LogP contribution in [0.5, 0.6) is 5.75 Å². The second-order valence-electron chi connectivity index (χ2n) is 3.10. The Hall–Kier alpha value is -0.830. The number of hydrogen-bond acceptors (Lipinski definition) is 2. The third kappa shape index (κ3) is 2.58. The van der Waals surface area contributed by atoms with Crippen molar-refractivity contribution in [3.8, 4) is 5.75 Å². The Bertz CT molecular complexity index is 334. The van der Waals surface area contributed by atoms with Crippen LogP contribution in [0.1, 0.15) is 17.5 Å². The Morgan fingerprint density at radius 1 is 1.36 bits per heavy atom. The molecule has 0 aliphatic heterocycles. The van der Waals surface area contributed by atoms with Crippen LogP contribution in [-0.2, 0) is 4.79 Å². The van der Waals surface area contributed by atoms with Gasteiger partial charge in [-0.25, -0.2) is 0 Å². The lowest BCUT2D eigenvalue weighted by molar-refractivity contribution is -0.108. The van der Waals surface area contributed by atoms with Crippen LogP contribution in [0.25, 0.3) is 0 Å². The van der Waals surface area contributed by atoms with Crippen LogP contribution in [0.15, 0.2) is 16.6 Å². The van der Waals surface area contributed by atoms with E-state index < -0.39 is 0 Å². The summed E-state index contributed by atoms with van der Waals surface area (Å²) in [4.78, 5) is 10.1. The van der Waals surface area contributed by atoms with Crippen molar-refractivity contribution in [2.45, 2.75) is 20.3 Å². The Labute approximate surface area is 92.4 Å². The van der Waals surface area contributed by atoms with Crippen molar-refractivity contribution in [3.05, 3.63) is 27.7 Å². The summed E-state index contributed by atoms with van der Waals surface area (Å²) in [7, 11) is 0. The highest BCUT2D eigenvalue weighted by molar-refractivity contribution is 9.10. The standard InChI is InChI=1S/C11H13BrO2/c1-8-9(2)11(5-4-10(8)12)14-7-3-6-13/h4-6H,3,7H2,1-2H3. The molecule has 0 radical (unpaired) electrons. The van der Waals surface area contributed by atoms with E-state index in [0.29, 0.717) is 13.0 Å². The number of aldehydes is 1. The van der Waals surface area contributed by atoms with Gasteiger partial charge in [-0.3, -0.25) is 0 Å². The van der Waals surface area contributed by atoms with E-state index in [9.17, 15) is 4.79 Å². The summed E-state index contributed by atoms with van der Waals surface area (Å²) >= 11 is 3.45. The van der Waals surface area contributed by atoms with Gasteiger partial charge >= 0.3 is 0 Å². The van der Waals surface area contributed by atoms with Crippen molar-refractivity contribution >= 4 is 22.2 Å². The van der Waals surface area contributed by atoms with Crippen LogP contribution in [0.4, 0.5) is 0 Å². The molecule has 14 heavy (non-hydrogen) atoms. The zero-order chi connectivity index (χ0) is 10.6. The molecule has 0 bridgehead atoms. The Balaban J connectivity index is 2.78. The van der Waals surface area contributed by atoms with Crippen molar-refractivity contribution < 1.29 is 9.53 Å². The van der Waals surface area contributed by atoms with E-state index in [-0.39, 0.29) is 0 Å². The molecule has 3 heteroatoms. The predicted octanol–water partition coefficient (Wildman–Crippen LogP) is 3.03. The number of benzene rings is 1. The first-order valence-electron chi connectivity index (χ1n) is 4.49. The molecule has 0 fully saturated rings. The summed E-state index contributed by atoms with van der Waals surface area (Å²) in [6.45, 7) is 4.49. The van der Waals surface area contributed by atoms with Crippen LogP contribution in [-0.4, -0.2) is 12.9 Å². The van der Waals surface area contributed by atoms with Crippen LogP contribution in [0.2, 0.25) is 0 Å². The maximum absolute atomic E-state index is 10.1. The lowest BCUT2D eigenvalue weighted by Crippen LogP contribution is -2.00. The molecule has 0 heterocycles. The molecular weight excluding hydrogens is 244 g/mol. The molecule has 0 saturated carbocycles. The lowest BCUT2D eigenvalue weighted by atomic mass is 10.1. The summed E-state index contributed by atoms with van der Waals surface area (Å²) < 4.78 is 6.54. The topological polar surface area (TPSA) is 26.3 Å². The predicted molar refractivity (Wildman–Crippen MR) is 59.8 cm³/mol. The normalized spacial score (nSPS) is 9.93. The van der Waals surface area contributed by atoms with E-state index in [4.69, 9.17) is 4.74 Å². The summed E-state index contributed by atoms with van der Waals surface area (Å²) in [6, 6.07) is 3.87. The van der Waals surface area contributed by atoms with Gasteiger partial charge in [0.2, 0.25) is 0 Å². The van der Waals surface area contributed by atoms with E-state index in [2.05, 4.69) is 15.9 Å². The fraction of sp³-hybridized carbons (Fsp3) is 0.364. The molecule has 0 amide bonds. The van der Waals surface area contributed by atoms with Gasteiger partial charge in [-0.1, -0.05) is 15.9 Å². The third-order valence-corrected chi connectivity index (χ3v) is 3.02. The van der Waals surface area contributed by atoms with Crippen molar-refractivity contribution in [3.63, 3.8) is 0 Å². The number of hydrogen-bond donors (Lipinski definition) is 0. The molecule has 0 aliphatic rings. The molecule has 0 atom stereocenters. The fourth-order valence-electron chi connectivity index (χ4n) is 1.14. The number of carbonyl (C=O) groups is 1. The monoisotopic (exact) mass is 256 g/mol. The van der Waals surface area contributed by atoms with E-state index in [1.165, 1.54) is 5.56 Å². The number of rotatable bonds is 4. The molecule has 0 unspecified atom stereocenters. The second-order valence-corrected chi connectivity index (χ2v) is 3.95. The zero-order valence-corrected chi connectivity index (χ0v) is 9.93. The molecule has 1 aromatic carbocycles. The van der Waals surface area contributed by atoms with Gasteiger partial charge in [0.05, 0.1) is 6.61 Å². The van der Waals surface area contributed by atoms with E-state index in [0.717, 1.165) is 22.1 Å². The van der Waals surface area contributed by atoms with E-state index in [1.807, 2.05) is 26.0 Å². The zero-order valence-electron chi connectivity index (χ0n) is 8.34. The van der Waals surface area contributed by atoms with Gasteiger partial charge in [0.1, 0.15) is 12.0 Å². The lowest BCUT2D eigenvalue weighted by Gasteiger charge is -2.10. The summed E-state index contributed by atoms with van der Waals surface area (Å²) in [5.74, 6) is 0.854. The first-order valence-corrected chi connectivity index (χ1v) is 5.28. The molecule has 0 aromatic heterocycles. The summed E-state index contributed by atoms with van der Waals surface area (Å²) in [5.41, 5.74) is 2.29. The number of carbonyl (C=O) groups excluding carboxylic acids is 1. The smallest absolute Gasteiger partial charge is 0.123 e. The van der Waals surface area contributed by atoms with Gasteiger partial charge in [-0.2, -0.15) is 0 Å². The minimum absolute atomic E-state index is 0.439. The van der Waals surface area contributed by atoms with Crippen molar-refractivity contribution in [2.75, 3.05) is 6.61 Å². The highest BCUT2D eigenvalue weighted by Crippen LogP contribution is 2.27. The maximum atomic E-state index is 10.1. The summed E-state index contributed by atoms with van der Waals surface area (Å²) in [5, 5.41) is 0. The molecule has 76 valence electrons. The number of ether oxygens (including phenoxy) is 1. The van der Waals surface area contributed by atoms with Crippen LogP contribution < -0.4 is 4.74 Å². The largest absolute Gasteiger partial charge is 0.493 e. The quantitative estimate of drug-likeness (QED) is 0.612. The SMILES string of the molecule is Cc1c(Br)ccc(OCCC=O)c1C. The molecule has 0 N–H and O–H groups in total. The molecule has 0 aliphatic carbocycles. The molecule has 2 nitrogen and oxygen atoms in total. The maximum Gasteiger partial charge on any atom is 0.123 e. The van der Waals surface area contributed by atoms with Gasteiger partial charge in [0.15, 0.2) is 0 Å². The first-order chi connectivity index (χ1) is 6.66. The van der Waals surface area contributed by atoms with Gasteiger partial charge in [0, 0.05) is 10.9 Å². The minimum Gasteiger partial charge on any atom is -0.493 e. The fourth-order valence-corrected chi connectivity index (χ4v) is 1.57. The number of halogens is 1. The molecule has 0 saturated heterocycles. The molecule has 0 spiro atoms. The van der Waals surface area contributed by atoms with Crippen molar-refractivity contribution in [1.29, 1.82) is 0 Å². The highest BCUT2D eigenvalue weighted by atomic mass is 79.9. The van der Waals surface area contributed by atoms with Gasteiger partial charge in [-0.05, 0) is 37.1 Å². The van der Waals surface area contributed by atoms with Crippen LogP contribution in [0, 0.1) is 13.8 Å². The van der Waals surface area contributed by atoms with E-state index in [1.54, 1.807) is 0 Å². The highest BCUT2D eigenvalue weighted by Gasteiger charge is 2.04. The Morgan fingerprint density at radius 3 is 2.71 bits per heavy atom. The Morgan fingerprint density at radius 2 is 2.07 bits per heavy atom.